The van der Waals surface area contributed by atoms with Gasteiger partial charge in [0, 0.05) is 0 Å². The summed E-state index contributed by atoms with van der Waals surface area (Å²) in [4.78, 5) is 0. The summed E-state index contributed by atoms with van der Waals surface area (Å²) in [7, 11) is 0. The molecule has 58 valence electrons. The van der Waals surface area contributed by atoms with Crippen LogP contribution >= 0.6 is 0 Å². The van der Waals surface area contributed by atoms with Crippen molar-refractivity contribution in [1.29, 1.82) is 0 Å². The molecule has 0 bridgehead atoms. The maximum absolute atomic E-state index is 4.43. The average Bonchev–Trinajstić information content (AvgIpc) is 2.03. The van der Waals surface area contributed by atoms with Gasteiger partial charge < -0.3 is 11.4 Å². The fourth-order valence-electron chi connectivity index (χ4n) is 1.46. The molecule has 12 heavy (non-hydrogen) atoms. The van der Waals surface area contributed by atoms with Crippen LogP contribution in [-0.4, -0.2) is 12.6 Å². The van der Waals surface area contributed by atoms with E-state index in [1.165, 1.54) is 32.1 Å². The van der Waals surface area contributed by atoms with Crippen molar-refractivity contribution < 1.29 is 37.7 Å². The summed E-state index contributed by atoms with van der Waals surface area (Å²) in [5.41, 5.74) is 0. The van der Waals surface area contributed by atoms with Crippen LogP contribution in [0.5, 0.6) is 0 Å². The van der Waals surface area contributed by atoms with E-state index in [-0.39, 0.29) is 37.7 Å². The van der Waals surface area contributed by atoms with Crippen molar-refractivity contribution in [2.24, 2.45) is 0 Å². The standard InChI is InChI=1S/C9H15N.2Li/c1-2-8-10-9-6-4-3-5-7-9;;/h9H,1,3-8H2;;/q-2;2*+1. The Labute approximate surface area is 100 Å². The number of hydrogen-bond acceptors (Lipinski definition) is 0. The first-order valence-corrected chi connectivity index (χ1v) is 4.10. The zero-order valence-corrected chi connectivity index (χ0v) is 8.47. The largest absolute Gasteiger partial charge is 1.00 e. The molecule has 0 aliphatic heterocycles. The van der Waals surface area contributed by atoms with Crippen LogP contribution in [0.3, 0.4) is 0 Å². The van der Waals surface area contributed by atoms with E-state index in [1.807, 2.05) is 0 Å². The zero-order chi connectivity index (χ0) is 7.23. The van der Waals surface area contributed by atoms with Crippen molar-refractivity contribution in [3.05, 3.63) is 18.0 Å². The van der Waals surface area contributed by atoms with Gasteiger partial charge in [-0.2, -0.15) is 0 Å². The number of rotatable bonds is 3. The van der Waals surface area contributed by atoms with E-state index in [2.05, 4.69) is 18.0 Å². The molecule has 0 unspecified atom stereocenters. The van der Waals surface area contributed by atoms with Crippen LogP contribution in [-0.2, 0) is 0 Å². The molecule has 1 aliphatic rings. The predicted octanol–water partition coefficient (Wildman–Crippen LogP) is -3.31. The first-order chi connectivity index (χ1) is 4.93. The topological polar surface area (TPSA) is 14.1 Å². The zero-order valence-electron chi connectivity index (χ0n) is 8.47. The quantitative estimate of drug-likeness (QED) is 0.296. The average molecular weight is 151 g/mol. The van der Waals surface area contributed by atoms with Crippen LogP contribution in [0.25, 0.3) is 5.32 Å². The van der Waals surface area contributed by atoms with Gasteiger partial charge in [-0.25, -0.2) is 0 Å². The van der Waals surface area contributed by atoms with E-state index < -0.39 is 0 Å². The van der Waals surface area contributed by atoms with E-state index in [0.29, 0.717) is 6.04 Å². The summed E-state index contributed by atoms with van der Waals surface area (Å²) in [5.74, 6) is 0. The Balaban J connectivity index is 0. The molecule has 1 aliphatic carbocycles. The normalized spacial score (nSPS) is 17.3. The Morgan fingerprint density at radius 2 is 1.75 bits per heavy atom. The van der Waals surface area contributed by atoms with Crippen molar-refractivity contribution in [2.45, 2.75) is 38.1 Å². The second-order valence-corrected chi connectivity index (χ2v) is 2.88. The summed E-state index contributed by atoms with van der Waals surface area (Å²) in [6.07, 6.45) is 9.52. The SMILES string of the molecule is C=[C-]C[N-]C1CCCCC1.[Li+].[Li+]. The summed E-state index contributed by atoms with van der Waals surface area (Å²) in [6, 6.07) is 0.628. The molecule has 0 aromatic rings. The maximum atomic E-state index is 4.43. The Kier molecular flexibility index (Phi) is 12.8. The molecule has 0 saturated heterocycles. The molecule has 0 aromatic carbocycles. The third kappa shape index (κ3) is 6.42. The molecule has 0 amide bonds. The van der Waals surface area contributed by atoms with E-state index in [9.17, 15) is 0 Å². The molecule has 0 aromatic heterocycles. The first-order valence-electron chi connectivity index (χ1n) is 4.10. The van der Waals surface area contributed by atoms with Crippen LogP contribution in [0.15, 0.2) is 6.58 Å². The molecule has 0 radical (unpaired) electrons. The Morgan fingerprint density at radius 3 is 2.25 bits per heavy atom. The van der Waals surface area contributed by atoms with E-state index >= 15 is 0 Å². The smallest absolute Gasteiger partial charge is 0.685 e. The van der Waals surface area contributed by atoms with Gasteiger partial charge in [0.05, 0.1) is 0 Å². The number of hydrogen-bond donors (Lipinski definition) is 0. The summed E-state index contributed by atoms with van der Waals surface area (Å²) < 4.78 is 0. The van der Waals surface area contributed by atoms with Gasteiger partial charge in [-0.1, -0.05) is 32.1 Å². The van der Waals surface area contributed by atoms with Gasteiger partial charge in [-0.15, -0.1) is 6.04 Å². The van der Waals surface area contributed by atoms with Crippen molar-refractivity contribution in [1.82, 2.24) is 0 Å². The second kappa shape index (κ2) is 9.98. The molecule has 0 heterocycles. The maximum Gasteiger partial charge on any atom is 1.00 e. The van der Waals surface area contributed by atoms with Crippen molar-refractivity contribution in [3.8, 4) is 0 Å². The van der Waals surface area contributed by atoms with E-state index in [0.717, 1.165) is 6.54 Å². The summed E-state index contributed by atoms with van der Waals surface area (Å²) in [5, 5.41) is 4.43. The van der Waals surface area contributed by atoms with E-state index in [1.54, 1.807) is 0 Å². The van der Waals surface area contributed by atoms with Crippen LogP contribution in [0.1, 0.15) is 32.1 Å². The Hall–Kier alpha value is 0.895. The van der Waals surface area contributed by atoms with Gasteiger partial charge in [-0.3, -0.25) is 13.1 Å². The van der Waals surface area contributed by atoms with Crippen molar-refractivity contribution in [2.75, 3.05) is 6.54 Å². The molecule has 1 nitrogen and oxygen atoms in total. The van der Waals surface area contributed by atoms with Crippen LogP contribution in [0.2, 0.25) is 0 Å². The van der Waals surface area contributed by atoms with Gasteiger partial charge in [0.1, 0.15) is 0 Å². The first kappa shape index (κ1) is 15.4. The van der Waals surface area contributed by atoms with E-state index in [4.69, 9.17) is 0 Å². The minimum absolute atomic E-state index is 0. The molecular formula is C9H15Li2N. The molecular weight excluding hydrogens is 136 g/mol. The molecule has 0 spiro atoms. The van der Waals surface area contributed by atoms with Gasteiger partial charge in [0.2, 0.25) is 0 Å². The minimum atomic E-state index is 0. The van der Waals surface area contributed by atoms with Gasteiger partial charge in [0.25, 0.3) is 0 Å². The van der Waals surface area contributed by atoms with Crippen LogP contribution < -0.4 is 37.7 Å². The van der Waals surface area contributed by atoms with Crippen LogP contribution in [0, 0.1) is 6.08 Å². The Bertz CT molecular complexity index is 101. The van der Waals surface area contributed by atoms with Gasteiger partial charge >= 0.3 is 37.7 Å². The van der Waals surface area contributed by atoms with Gasteiger partial charge in [0.15, 0.2) is 0 Å². The van der Waals surface area contributed by atoms with Crippen molar-refractivity contribution in [3.63, 3.8) is 0 Å². The third-order valence-corrected chi connectivity index (χ3v) is 2.04. The third-order valence-electron chi connectivity index (χ3n) is 2.04. The number of nitrogens with zero attached hydrogens (tertiary/aromatic N) is 1. The van der Waals surface area contributed by atoms with Crippen molar-refractivity contribution >= 4 is 0 Å². The molecule has 1 rings (SSSR count). The summed E-state index contributed by atoms with van der Waals surface area (Å²) in [6.45, 7) is 4.25. The molecule has 1 saturated carbocycles. The van der Waals surface area contributed by atoms with Crippen LogP contribution in [0.4, 0.5) is 0 Å². The fourth-order valence-corrected chi connectivity index (χ4v) is 1.46. The molecule has 3 heteroatoms. The second-order valence-electron chi connectivity index (χ2n) is 2.88. The molecule has 1 fully saturated rings. The van der Waals surface area contributed by atoms with Gasteiger partial charge in [-0.05, 0) is 0 Å². The molecule has 0 atom stereocenters. The monoisotopic (exact) mass is 151 g/mol. The fraction of sp³-hybridized carbons (Fsp3) is 0.778. The molecule has 0 N–H and O–H groups in total. The minimum Gasteiger partial charge on any atom is -0.685 e. The predicted molar refractivity (Wildman–Crippen MR) is 44.0 cm³/mol. The summed E-state index contributed by atoms with van der Waals surface area (Å²) >= 11 is 0. The Morgan fingerprint density at radius 1 is 1.17 bits per heavy atom.